The Morgan fingerprint density at radius 1 is 0.741 bits per heavy atom. The number of aromatic nitrogens is 1. The van der Waals surface area contributed by atoms with E-state index >= 15 is 0 Å². The molecule has 0 aliphatic carbocycles. The van der Waals surface area contributed by atoms with Gasteiger partial charge in [-0.05, 0) is 41.3 Å². The van der Waals surface area contributed by atoms with E-state index in [0.29, 0.717) is 0 Å². The van der Waals surface area contributed by atoms with Gasteiger partial charge in [0.1, 0.15) is 31.4 Å². The van der Waals surface area contributed by atoms with Crippen molar-refractivity contribution in [3.63, 3.8) is 0 Å². The van der Waals surface area contributed by atoms with Gasteiger partial charge in [-0.2, -0.15) is 0 Å². The van der Waals surface area contributed by atoms with Gasteiger partial charge >= 0.3 is 0 Å². The lowest BCUT2D eigenvalue weighted by Gasteiger charge is -2.30. The standard InChI is InChI=1S/C22H27B4N/c1-14-9-10-16(11-17(14)15-7-5-4-6-8-15)20-12-18(21(2,23)24)19(13-27-20)22(3,25)26/h4-13H,23-26H2,1-3H3. The van der Waals surface area contributed by atoms with Crippen LogP contribution >= 0.6 is 0 Å². The van der Waals surface area contributed by atoms with Crippen molar-refractivity contribution in [1.29, 1.82) is 0 Å². The molecule has 0 aliphatic rings. The molecule has 0 bridgehead atoms. The second-order valence-corrected chi connectivity index (χ2v) is 9.51. The summed E-state index contributed by atoms with van der Waals surface area (Å²) < 4.78 is 0. The van der Waals surface area contributed by atoms with Crippen molar-refractivity contribution in [2.45, 2.75) is 31.2 Å². The zero-order valence-electron chi connectivity index (χ0n) is 17.7. The molecule has 0 aliphatic heterocycles. The summed E-state index contributed by atoms with van der Waals surface area (Å²) in [7, 11) is 9.09. The van der Waals surface area contributed by atoms with Crippen molar-refractivity contribution in [2.24, 2.45) is 0 Å². The number of pyridine rings is 1. The molecule has 5 heteroatoms. The van der Waals surface area contributed by atoms with Gasteiger partial charge < -0.3 is 0 Å². The van der Waals surface area contributed by atoms with Crippen LogP contribution in [0.1, 0.15) is 30.5 Å². The Hall–Kier alpha value is -2.15. The van der Waals surface area contributed by atoms with E-state index in [0.717, 1.165) is 5.69 Å². The van der Waals surface area contributed by atoms with Crippen LogP contribution in [0.15, 0.2) is 60.8 Å². The van der Waals surface area contributed by atoms with Crippen LogP contribution in [0.3, 0.4) is 0 Å². The summed E-state index contributed by atoms with van der Waals surface area (Å²) >= 11 is 0. The molecule has 1 nitrogen and oxygen atoms in total. The van der Waals surface area contributed by atoms with Crippen LogP contribution in [0.2, 0.25) is 0 Å². The van der Waals surface area contributed by atoms with Crippen LogP contribution < -0.4 is 0 Å². The average molecular weight is 349 g/mol. The maximum absolute atomic E-state index is 4.85. The number of hydrogen-bond donors (Lipinski definition) is 0. The highest BCUT2D eigenvalue weighted by Crippen LogP contribution is 2.33. The Morgan fingerprint density at radius 2 is 1.37 bits per heavy atom. The average Bonchev–Trinajstić information content (AvgIpc) is 2.61. The van der Waals surface area contributed by atoms with Crippen molar-refractivity contribution >= 4 is 31.4 Å². The predicted octanol–water partition coefficient (Wildman–Crippen LogP) is 1.60. The van der Waals surface area contributed by atoms with E-state index in [9.17, 15) is 0 Å². The zero-order chi connectivity index (χ0) is 19.8. The molecule has 132 valence electrons. The summed E-state index contributed by atoms with van der Waals surface area (Å²) in [5.41, 5.74) is 8.73. The molecule has 0 fully saturated rings. The Balaban J connectivity index is 2.15. The third-order valence-electron chi connectivity index (χ3n) is 5.14. The highest BCUT2D eigenvalue weighted by atomic mass is 14.7. The first-order valence-corrected chi connectivity index (χ1v) is 9.75. The van der Waals surface area contributed by atoms with Gasteiger partial charge in [0.05, 0.1) is 5.69 Å². The summed E-state index contributed by atoms with van der Waals surface area (Å²) in [6, 6.07) is 19.5. The minimum atomic E-state index is 0.0766. The summed E-state index contributed by atoms with van der Waals surface area (Å²) in [6.07, 6.45) is 2.08. The lowest BCUT2D eigenvalue weighted by Crippen LogP contribution is -2.31. The molecule has 0 amide bonds. The van der Waals surface area contributed by atoms with Crippen molar-refractivity contribution in [3.05, 3.63) is 77.5 Å². The molecule has 3 aromatic rings. The summed E-state index contributed by atoms with van der Waals surface area (Å²) in [4.78, 5) is 4.85. The van der Waals surface area contributed by atoms with Crippen LogP contribution in [-0.2, 0) is 10.4 Å². The number of nitrogens with zero attached hydrogens (tertiary/aromatic N) is 1. The van der Waals surface area contributed by atoms with Crippen molar-refractivity contribution < 1.29 is 0 Å². The molecule has 2 aromatic carbocycles. The minimum absolute atomic E-state index is 0.0766. The lowest BCUT2D eigenvalue weighted by atomic mass is 9.46. The number of aryl methyl sites for hydroxylation is 1. The van der Waals surface area contributed by atoms with Crippen molar-refractivity contribution in [1.82, 2.24) is 4.98 Å². The predicted molar refractivity (Wildman–Crippen MR) is 129 cm³/mol. The van der Waals surface area contributed by atoms with Crippen molar-refractivity contribution in [3.8, 4) is 22.4 Å². The lowest BCUT2D eigenvalue weighted by molar-refractivity contribution is 0.869. The Morgan fingerprint density at radius 3 is 1.96 bits per heavy atom. The van der Waals surface area contributed by atoms with E-state index in [1.807, 2.05) is 0 Å². The fraction of sp³-hybridized carbons (Fsp3) is 0.227. The molecule has 0 saturated carbocycles. The van der Waals surface area contributed by atoms with Gasteiger partial charge in [0.2, 0.25) is 0 Å². The summed E-state index contributed by atoms with van der Waals surface area (Å²) in [5, 5.41) is 0.157. The normalized spacial score (nSPS) is 12.1. The van der Waals surface area contributed by atoms with E-state index < -0.39 is 0 Å². The maximum atomic E-state index is 4.85. The van der Waals surface area contributed by atoms with Crippen LogP contribution in [0.25, 0.3) is 22.4 Å². The van der Waals surface area contributed by atoms with E-state index in [1.165, 1.54) is 33.4 Å². The second kappa shape index (κ2) is 7.11. The monoisotopic (exact) mass is 349 g/mol. The second-order valence-electron chi connectivity index (χ2n) is 9.51. The molecule has 1 aromatic heterocycles. The third kappa shape index (κ3) is 4.24. The minimum Gasteiger partial charge on any atom is -0.256 e. The van der Waals surface area contributed by atoms with Crippen LogP contribution in [0, 0.1) is 6.92 Å². The smallest absolute Gasteiger partial charge is 0.104 e. The van der Waals surface area contributed by atoms with Gasteiger partial charge in [0.25, 0.3) is 0 Å². The van der Waals surface area contributed by atoms with Crippen LogP contribution in [-0.4, -0.2) is 36.4 Å². The van der Waals surface area contributed by atoms with Crippen LogP contribution in [0.5, 0.6) is 0 Å². The third-order valence-corrected chi connectivity index (χ3v) is 5.14. The SMILES string of the molecule is BC(B)(C)c1cnc(-c2ccc(C)c(-c3ccccc3)c2)cc1C(B)(B)C. The number of rotatable bonds is 4. The van der Waals surface area contributed by atoms with E-state index in [1.54, 1.807) is 0 Å². The van der Waals surface area contributed by atoms with E-state index in [2.05, 4.69) is 113 Å². The molecule has 27 heavy (non-hydrogen) atoms. The highest BCUT2D eigenvalue weighted by molar-refractivity contribution is 6.42. The molecular formula is C22H27B4N. The molecule has 0 saturated heterocycles. The molecule has 0 atom stereocenters. The molecular weight excluding hydrogens is 321 g/mol. The fourth-order valence-electron chi connectivity index (χ4n) is 3.54. The molecule has 0 unspecified atom stereocenters. The largest absolute Gasteiger partial charge is 0.256 e. The van der Waals surface area contributed by atoms with Gasteiger partial charge in [0.15, 0.2) is 0 Å². The molecule has 0 N–H and O–H groups in total. The fourth-order valence-corrected chi connectivity index (χ4v) is 3.54. The Labute approximate surface area is 167 Å². The zero-order valence-corrected chi connectivity index (χ0v) is 17.7. The Kier molecular flexibility index (Phi) is 5.16. The summed E-state index contributed by atoms with van der Waals surface area (Å²) in [6.45, 7) is 6.72. The van der Waals surface area contributed by atoms with E-state index in [4.69, 9.17) is 4.98 Å². The maximum Gasteiger partial charge on any atom is 0.104 e. The van der Waals surface area contributed by atoms with Gasteiger partial charge in [0, 0.05) is 11.8 Å². The van der Waals surface area contributed by atoms with Gasteiger partial charge in [-0.25, -0.2) is 0 Å². The van der Waals surface area contributed by atoms with Crippen LogP contribution in [0.4, 0.5) is 0 Å². The van der Waals surface area contributed by atoms with Gasteiger partial charge in [-0.1, -0.05) is 72.3 Å². The first-order chi connectivity index (χ1) is 12.6. The first-order valence-electron chi connectivity index (χ1n) is 9.75. The first kappa shape index (κ1) is 19.6. The van der Waals surface area contributed by atoms with Crippen molar-refractivity contribution in [2.75, 3.05) is 0 Å². The topological polar surface area (TPSA) is 12.9 Å². The van der Waals surface area contributed by atoms with Gasteiger partial charge in [-0.3, -0.25) is 4.98 Å². The van der Waals surface area contributed by atoms with Gasteiger partial charge in [-0.15, -0.1) is 0 Å². The Bertz CT molecular complexity index is 954. The number of hydrogen-bond acceptors (Lipinski definition) is 1. The molecule has 0 spiro atoms. The quantitative estimate of drug-likeness (QED) is 0.653. The number of benzene rings is 2. The molecule has 0 radical (unpaired) electrons. The molecule has 1 heterocycles. The molecule has 3 rings (SSSR count). The van der Waals surface area contributed by atoms with E-state index in [-0.39, 0.29) is 10.4 Å². The highest BCUT2D eigenvalue weighted by Gasteiger charge is 2.26. The summed E-state index contributed by atoms with van der Waals surface area (Å²) in [5.74, 6) is 0.